The maximum absolute atomic E-state index is 10.4. The molecule has 0 spiro atoms. The van der Waals surface area contributed by atoms with Crippen molar-refractivity contribution in [1.29, 1.82) is 0 Å². The molecule has 0 heterocycles. The predicted molar refractivity (Wildman–Crippen MR) is 34.2 cm³/mol. The third kappa shape index (κ3) is 4.90. The van der Waals surface area contributed by atoms with E-state index in [4.69, 9.17) is 5.73 Å². The summed E-state index contributed by atoms with van der Waals surface area (Å²) >= 11 is 0. The lowest BCUT2D eigenvalue weighted by atomic mass is 10.5. The zero-order valence-electron chi connectivity index (χ0n) is 5.78. The number of nitrogens with two attached hydrogens (primary N) is 1. The normalized spacial score (nSPS) is 16.7. The number of hydrogen-bond acceptors (Lipinski definition) is 5. The number of phosphoric acid groups is 1. The summed E-state index contributed by atoms with van der Waals surface area (Å²) in [5.74, 6) is 0. The van der Waals surface area contributed by atoms with E-state index in [9.17, 15) is 9.46 Å². The van der Waals surface area contributed by atoms with Crippen molar-refractivity contribution >= 4 is 7.82 Å². The largest absolute Gasteiger partial charge is 0.756 e. The van der Waals surface area contributed by atoms with E-state index >= 15 is 0 Å². The SMILES string of the molecule is COP(=O)([O-])OCCCN. The molecule has 0 saturated carbocycles. The zero-order valence-corrected chi connectivity index (χ0v) is 6.67. The van der Waals surface area contributed by atoms with Crippen LogP contribution in [0.3, 0.4) is 0 Å². The monoisotopic (exact) mass is 168 g/mol. The lowest BCUT2D eigenvalue weighted by Crippen LogP contribution is -2.09. The van der Waals surface area contributed by atoms with Crippen LogP contribution >= 0.6 is 7.82 Å². The molecule has 0 aromatic heterocycles. The number of phosphoric ester groups is 1. The summed E-state index contributed by atoms with van der Waals surface area (Å²) in [5.41, 5.74) is 5.09. The first-order chi connectivity index (χ1) is 4.62. The van der Waals surface area contributed by atoms with E-state index in [1.807, 2.05) is 0 Å². The van der Waals surface area contributed by atoms with Crippen molar-refractivity contribution in [3.05, 3.63) is 0 Å². The minimum atomic E-state index is -4.01. The lowest BCUT2D eigenvalue weighted by Gasteiger charge is -2.19. The Balaban J connectivity index is 3.38. The molecule has 2 N–H and O–H groups in total. The Bertz CT molecular complexity index is 128. The molecule has 0 aliphatic carbocycles. The minimum absolute atomic E-state index is 0.0884. The van der Waals surface area contributed by atoms with Crippen LogP contribution in [0.25, 0.3) is 0 Å². The highest BCUT2D eigenvalue weighted by Crippen LogP contribution is 2.36. The topological polar surface area (TPSA) is 84.6 Å². The van der Waals surface area contributed by atoms with Gasteiger partial charge in [-0.2, -0.15) is 0 Å². The van der Waals surface area contributed by atoms with Gasteiger partial charge in [-0.3, -0.25) is 4.57 Å². The van der Waals surface area contributed by atoms with E-state index in [0.717, 1.165) is 7.11 Å². The van der Waals surface area contributed by atoms with Crippen LogP contribution in [0.4, 0.5) is 0 Å². The van der Waals surface area contributed by atoms with Crippen molar-refractivity contribution < 1.29 is 18.5 Å². The second-order valence-electron chi connectivity index (χ2n) is 1.61. The Hall–Kier alpha value is 0.0700. The number of rotatable bonds is 5. The summed E-state index contributed by atoms with van der Waals surface area (Å²) in [6, 6.07) is 0. The fraction of sp³-hybridized carbons (Fsp3) is 1.00. The Labute approximate surface area is 59.7 Å². The fourth-order valence-corrected chi connectivity index (χ4v) is 0.771. The van der Waals surface area contributed by atoms with Gasteiger partial charge in [0.15, 0.2) is 0 Å². The molecule has 5 nitrogen and oxygen atoms in total. The van der Waals surface area contributed by atoms with Crippen LogP contribution in [0, 0.1) is 0 Å². The maximum atomic E-state index is 10.4. The molecular formula is C4H11NO4P-. The summed E-state index contributed by atoms with van der Waals surface area (Å²) in [6.45, 7) is 0.495. The summed E-state index contributed by atoms with van der Waals surface area (Å²) in [4.78, 5) is 10.4. The molecule has 0 fully saturated rings. The van der Waals surface area contributed by atoms with Crippen LogP contribution in [-0.4, -0.2) is 20.3 Å². The van der Waals surface area contributed by atoms with Gasteiger partial charge in [-0.05, 0) is 13.0 Å². The Morgan fingerprint density at radius 1 is 1.70 bits per heavy atom. The second-order valence-corrected chi connectivity index (χ2v) is 3.12. The molecule has 0 aliphatic heterocycles. The Morgan fingerprint density at radius 2 is 2.30 bits per heavy atom. The lowest BCUT2D eigenvalue weighted by molar-refractivity contribution is -0.222. The molecule has 0 amide bonds. The van der Waals surface area contributed by atoms with Crippen LogP contribution in [0.5, 0.6) is 0 Å². The molecule has 62 valence electrons. The highest BCUT2D eigenvalue weighted by Gasteiger charge is 2.03. The van der Waals surface area contributed by atoms with Gasteiger partial charge in [0.25, 0.3) is 7.82 Å². The van der Waals surface area contributed by atoms with Crippen molar-refractivity contribution in [2.24, 2.45) is 5.73 Å². The van der Waals surface area contributed by atoms with Crippen LogP contribution in [0.2, 0.25) is 0 Å². The quantitative estimate of drug-likeness (QED) is 0.440. The first-order valence-corrected chi connectivity index (χ1v) is 4.30. The molecule has 6 heteroatoms. The van der Waals surface area contributed by atoms with Crippen LogP contribution in [0.1, 0.15) is 6.42 Å². The molecule has 0 radical (unpaired) electrons. The zero-order chi connectivity index (χ0) is 8.04. The van der Waals surface area contributed by atoms with Gasteiger partial charge < -0.3 is 19.7 Å². The average molecular weight is 168 g/mol. The average Bonchev–Trinajstić information content (AvgIpc) is 1.89. The van der Waals surface area contributed by atoms with E-state index in [1.54, 1.807) is 0 Å². The van der Waals surface area contributed by atoms with Gasteiger partial charge in [0.2, 0.25) is 0 Å². The summed E-state index contributed by atoms with van der Waals surface area (Å²) in [7, 11) is -2.96. The van der Waals surface area contributed by atoms with E-state index in [-0.39, 0.29) is 6.61 Å². The first-order valence-electron chi connectivity index (χ1n) is 2.84. The fourth-order valence-electron chi connectivity index (χ4n) is 0.312. The van der Waals surface area contributed by atoms with Crippen molar-refractivity contribution in [3.8, 4) is 0 Å². The molecule has 0 saturated heterocycles. The van der Waals surface area contributed by atoms with Crippen LogP contribution < -0.4 is 10.6 Å². The Kier molecular flexibility index (Phi) is 4.85. The van der Waals surface area contributed by atoms with Gasteiger partial charge in [0.1, 0.15) is 0 Å². The summed E-state index contributed by atoms with van der Waals surface area (Å²) < 4.78 is 18.8. The van der Waals surface area contributed by atoms with E-state index in [2.05, 4.69) is 9.05 Å². The van der Waals surface area contributed by atoms with Gasteiger partial charge in [-0.25, -0.2) is 0 Å². The van der Waals surface area contributed by atoms with E-state index in [1.165, 1.54) is 0 Å². The van der Waals surface area contributed by atoms with Gasteiger partial charge >= 0.3 is 0 Å². The van der Waals surface area contributed by atoms with Crippen molar-refractivity contribution in [2.45, 2.75) is 6.42 Å². The highest BCUT2D eigenvalue weighted by molar-refractivity contribution is 7.45. The predicted octanol–water partition coefficient (Wildman–Crippen LogP) is -0.533. The van der Waals surface area contributed by atoms with Gasteiger partial charge in [-0.15, -0.1) is 0 Å². The van der Waals surface area contributed by atoms with Crippen LogP contribution in [0.15, 0.2) is 0 Å². The molecule has 0 rings (SSSR count). The Morgan fingerprint density at radius 3 is 2.70 bits per heavy atom. The van der Waals surface area contributed by atoms with Crippen LogP contribution in [-0.2, 0) is 13.6 Å². The third-order valence-corrected chi connectivity index (χ3v) is 1.77. The maximum Gasteiger partial charge on any atom is 0.267 e. The summed E-state index contributed by atoms with van der Waals surface area (Å²) in [6.07, 6.45) is 0.510. The second kappa shape index (κ2) is 4.82. The molecule has 0 aliphatic rings. The molecule has 0 aromatic rings. The van der Waals surface area contributed by atoms with Gasteiger partial charge in [-0.1, -0.05) is 0 Å². The molecule has 10 heavy (non-hydrogen) atoms. The highest BCUT2D eigenvalue weighted by atomic mass is 31.2. The third-order valence-electron chi connectivity index (χ3n) is 0.821. The van der Waals surface area contributed by atoms with Crippen molar-refractivity contribution in [2.75, 3.05) is 20.3 Å². The molecule has 1 unspecified atom stereocenters. The number of hydrogen-bond donors (Lipinski definition) is 1. The van der Waals surface area contributed by atoms with Crippen molar-refractivity contribution in [3.63, 3.8) is 0 Å². The smallest absolute Gasteiger partial charge is 0.267 e. The molecular weight excluding hydrogens is 157 g/mol. The van der Waals surface area contributed by atoms with Crippen molar-refractivity contribution in [1.82, 2.24) is 0 Å². The minimum Gasteiger partial charge on any atom is -0.756 e. The van der Waals surface area contributed by atoms with Gasteiger partial charge in [0.05, 0.1) is 6.61 Å². The van der Waals surface area contributed by atoms with E-state index < -0.39 is 7.82 Å². The summed E-state index contributed by atoms with van der Waals surface area (Å²) in [5, 5.41) is 0. The molecule has 1 atom stereocenters. The first kappa shape index (κ1) is 10.1. The van der Waals surface area contributed by atoms with Gasteiger partial charge in [0, 0.05) is 7.11 Å². The standard InChI is InChI=1S/C4H12NO4P/c1-8-10(6,7)9-4-2-3-5/h2-5H2,1H3,(H,6,7)/p-1. The van der Waals surface area contributed by atoms with E-state index in [0.29, 0.717) is 13.0 Å². The molecule has 0 bridgehead atoms. The molecule has 0 aromatic carbocycles.